The summed E-state index contributed by atoms with van der Waals surface area (Å²) in [4.78, 5) is 14.7. The van der Waals surface area contributed by atoms with Gasteiger partial charge in [0, 0.05) is 6.20 Å². The molecule has 0 fully saturated rings. The number of carbonyl (C=O) groups is 1. The summed E-state index contributed by atoms with van der Waals surface area (Å²) in [6.45, 7) is 3.57. The Hall–Kier alpha value is -1.45. The van der Waals surface area contributed by atoms with E-state index in [1.165, 1.54) is 12.3 Å². The molecule has 0 amide bonds. The summed E-state index contributed by atoms with van der Waals surface area (Å²) >= 11 is 0. The molecule has 13 heavy (non-hydrogen) atoms. The zero-order valence-electron chi connectivity index (χ0n) is 7.50. The number of hydrogen-bond donors (Lipinski definition) is 0. The monoisotopic (exact) mass is 183 g/mol. The largest absolute Gasteiger partial charge is 0.461 e. The molecular formula is C9H10FNO2. The van der Waals surface area contributed by atoms with Gasteiger partial charge in [0.1, 0.15) is 0 Å². The summed E-state index contributed by atoms with van der Waals surface area (Å²) < 4.78 is 17.7. The van der Waals surface area contributed by atoms with Gasteiger partial charge in [0.25, 0.3) is 0 Å². The van der Waals surface area contributed by atoms with Crippen LogP contribution in [0, 0.1) is 12.7 Å². The van der Waals surface area contributed by atoms with Crippen molar-refractivity contribution in [1.29, 1.82) is 0 Å². The lowest BCUT2D eigenvalue weighted by Gasteiger charge is -2.01. The molecule has 1 aromatic heterocycles. The van der Waals surface area contributed by atoms with Gasteiger partial charge in [-0.05, 0) is 25.5 Å². The summed E-state index contributed by atoms with van der Waals surface area (Å²) in [5, 5.41) is 0. The fourth-order valence-corrected chi connectivity index (χ4v) is 0.883. The average Bonchev–Trinajstić information content (AvgIpc) is 2.04. The number of carbonyl (C=O) groups excluding carboxylic acids is 1. The van der Waals surface area contributed by atoms with Crippen LogP contribution in [-0.2, 0) is 4.74 Å². The van der Waals surface area contributed by atoms with Crippen molar-refractivity contribution in [3.05, 3.63) is 29.3 Å². The SMILES string of the molecule is CCOC(=O)c1ncc(C)cc1F. The van der Waals surface area contributed by atoms with Crippen molar-refractivity contribution < 1.29 is 13.9 Å². The third-order valence-corrected chi connectivity index (χ3v) is 1.45. The van der Waals surface area contributed by atoms with E-state index in [1.54, 1.807) is 13.8 Å². The minimum Gasteiger partial charge on any atom is -0.461 e. The molecule has 0 aromatic carbocycles. The van der Waals surface area contributed by atoms with Crippen LogP contribution in [0.4, 0.5) is 4.39 Å². The Morgan fingerprint density at radius 2 is 2.38 bits per heavy atom. The highest BCUT2D eigenvalue weighted by Gasteiger charge is 2.13. The van der Waals surface area contributed by atoms with Crippen LogP contribution in [0.5, 0.6) is 0 Å². The molecule has 0 radical (unpaired) electrons. The number of nitrogens with zero attached hydrogens (tertiary/aromatic N) is 1. The van der Waals surface area contributed by atoms with Gasteiger partial charge in [-0.2, -0.15) is 0 Å². The molecule has 0 unspecified atom stereocenters. The highest BCUT2D eigenvalue weighted by atomic mass is 19.1. The van der Waals surface area contributed by atoms with Gasteiger partial charge in [0.2, 0.25) is 0 Å². The molecule has 0 aliphatic rings. The summed E-state index contributed by atoms with van der Waals surface area (Å²) in [6, 6.07) is 1.25. The highest BCUT2D eigenvalue weighted by molar-refractivity contribution is 5.87. The second-order valence-electron chi connectivity index (χ2n) is 2.56. The van der Waals surface area contributed by atoms with Crippen LogP contribution < -0.4 is 0 Å². The van der Waals surface area contributed by atoms with Gasteiger partial charge in [-0.3, -0.25) is 0 Å². The van der Waals surface area contributed by atoms with Crippen molar-refractivity contribution in [3.8, 4) is 0 Å². The van der Waals surface area contributed by atoms with Gasteiger partial charge >= 0.3 is 5.97 Å². The molecule has 0 bridgehead atoms. The second kappa shape index (κ2) is 3.98. The highest BCUT2D eigenvalue weighted by Crippen LogP contribution is 2.07. The van der Waals surface area contributed by atoms with Gasteiger partial charge in [-0.1, -0.05) is 0 Å². The Labute approximate surface area is 75.6 Å². The average molecular weight is 183 g/mol. The first-order chi connectivity index (χ1) is 6.15. The number of ether oxygens (including phenoxy) is 1. The Kier molecular flexibility index (Phi) is 2.95. The lowest BCUT2D eigenvalue weighted by molar-refractivity contribution is 0.0513. The van der Waals surface area contributed by atoms with E-state index in [0.717, 1.165) is 0 Å². The fourth-order valence-electron chi connectivity index (χ4n) is 0.883. The van der Waals surface area contributed by atoms with E-state index in [1.807, 2.05) is 0 Å². The standard InChI is InChI=1S/C9H10FNO2/c1-3-13-9(12)8-7(10)4-6(2)5-11-8/h4-5H,3H2,1-2H3. The van der Waals surface area contributed by atoms with Gasteiger partial charge in [0.05, 0.1) is 6.61 Å². The van der Waals surface area contributed by atoms with Crippen molar-refractivity contribution in [2.24, 2.45) is 0 Å². The third-order valence-electron chi connectivity index (χ3n) is 1.45. The number of esters is 1. The van der Waals surface area contributed by atoms with Crippen LogP contribution in [0.2, 0.25) is 0 Å². The number of rotatable bonds is 2. The van der Waals surface area contributed by atoms with Gasteiger partial charge in [-0.25, -0.2) is 14.2 Å². The molecule has 1 rings (SSSR count). The van der Waals surface area contributed by atoms with Gasteiger partial charge in [-0.15, -0.1) is 0 Å². The van der Waals surface area contributed by atoms with E-state index in [4.69, 9.17) is 0 Å². The minimum atomic E-state index is -0.722. The summed E-state index contributed by atoms with van der Waals surface area (Å²) in [5.74, 6) is -1.36. The molecule has 0 aliphatic heterocycles. The van der Waals surface area contributed by atoms with Crippen LogP contribution >= 0.6 is 0 Å². The molecule has 0 aliphatic carbocycles. The quantitative estimate of drug-likeness (QED) is 0.655. The van der Waals surface area contributed by atoms with Crippen molar-refractivity contribution >= 4 is 5.97 Å². The van der Waals surface area contributed by atoms with Crippen LogP contribution in [0.15, 0.2) is 12.3 Å². The molecule has 4 heteroatoms. The molecule has 0 N–H and O–H groups in total. The van der Waals surface area contributed by atoms with E-state index in [9.17, 15) is 9.18 Å². The van der Waals surface area contributed by atoms with E-state index in [-0.39, 0.29) is 12.3 Å². The van der Waals surface area contributed by atoms with E-state index in [0.29, 0.717) is 5.56 Å². The predicted octanol–water partition coefficient (Wildman–Crippen LogP) is 1.71. The normalized spacial score (nSPS) is 9.77. The number of aryl methyl sites for hydroxylation is 1. The topological polar surface area (TPSA) is 39.2 Å². The first-order valence-corrected chi connectivity index (χ1v) is 3.94. The van der Waals surface area contributed by atoms with Gasteiger partial charge < -0.3 is 4.74 Å². The molecule has 0 spiro atoms. The molecule has 1 aromatic rings. The maximum atomic E-state index is 13.1. The van der Waals surface area contributed by atoms with E-state index in [2.05, 4.69) is 9.72 Å². The van der Waals surface area contributed by atoms with Crippen LogP contribution in [0.25, 0.3) is 0 Å². The van der Waals surface area contributed by atoms with Crippen molar-refractivity contribution in [2.75, 3.05) is 6.61 Å². The second-order valence-corrected chi connectivity index (χ2v) is 2.56. The Morgan fingerprint density at radius 1 is 1.69 bits per heavy atom. The van der Waals surface area contributed by atoms with Crippen LogP contribution in [0.3, 0.4) is 0 Å². The lowest BCUT2D eigenvalue weighted by Crippen LogP contribution is -2.09. The van der Waals surface area contributed by atoms with Crippen molar-refractivity contribution in [1.82, 2.24) is 4.98 Å². The summed E-state index contributed by atoms with van der Waals surface area (Å²) in [7, 11) is 0. The lowest BCUT2D eigenvalue weighted by atomic mass is 10.2. The number of halogens is 1. The molecule has 0 saturated carbocycles. The van der Waals surface area contributed by atoms with E-state index < -0.39 is 11.8 Å². The van der Waals surface area contributed by atoms with Gasteiger partial charge in [0.15, 0.2) is 11.5 Å². The first-order valence-electron chi connectivity index (χ1n) is 3.94. The molecule has 1 heterocycles. The zero-order valence-corrected chi connectivity index (χ0v) is 7.50. The molecule has 0 saturated heterocycles. The molecule has 0 atom stereocenters. The Bertz CT molecular complexity index is 325. The number of aromatic nitrogens is 1. The predicted molar refractivity (Wildman–Crippen MR) is 44.9 cm³/mol. The maximum Gasteiger partial charge on any atom is 0.359 e. The number of pyridine rings is 1. The summed E-state index contributed by atoms with van der Waals surface area (Å²) in [5.41, 5.74) is 0.415. The van der Waals surface area contributed by atoms with Crippen LogP contribution in [-0.4, -0.2) is 17.6 Å². The fraction of sp³-hybridized carbons (Fsp3) is 0.333. The Morgan fingerprint density at radius 3 is 2.92 bits per heavy atom. The van der Waals surface area contributed by atoms with Crippen LogP contribution in [0.1, 0.15) is 23.0 Å². The first kappa shape index (κ1) is 9.64. The summed E-state index contributed by atoms with van der Waals surface area (Å²) in [6.07, 6.45) is 1.43. The van der Waals surface area contributed by atoms with E-state index >= 15 is 0 Å². The van der Waals surface area contributed by atoms with Crippen molar-refractivity contribution in [2.45, 2.75) is 13.8 Å². The third kappa shape index (κ3) is 2.24. The molecule has 3 nitrogen and oxygen atoms in total. The number of hydrogen-bond acceptors (Lipinski definition) is 3. The van der Waals surface area contributed by atoms with Crippen molar-refractivity contribution in [3.63, 3.8) is 0 Å². The Balaban J connectivity index is 2.95. The molecular weight excluding hydrogens is 173 g/mol. The maximum absolute atomic E-state index is 13.1. The smallest absolute Gasteiger partial charge is 0.359 e. The zero-order chi connectivity index (χ0) is 9.84. The minimum absolute atomic E-state index is 0.216. The molecule has 70 valence electrons.